The SMILES string of the molecule is CC(=O)NCCc1nc2ccccc2n1CC(=O)Nc1cccc(C)c1. The van der Waals surface area contributed by atoms with Gasteiger partial charge in [0.25, 0.3) is 0 Å². The van der Waals surface area contributed by atoms with E-state index in [2.05, 4.69) is 15.6 Å². The van der Waals surface area contributed by atoms with Crippen molar-refractivity contribution in [2.45, 2.75) is 26.8 Å². The predicted octanol–water partition coefficient (Wildman–Crippen LogP) is 2.66. The number of aromatic nitrogens is 2. The first kappa shape index (κ1) is 17.7. The van der Waals surface area contributed by atoms with Crippen molar-refractivity contribution in [2.24, 2.45) is 0 Å². The minimum atomic E-state index is -0.112. The van der Waals surface area contributed by atoms with E-state index >= 15 is 0 Å². The van der Waals surface area contributed by atoms with Gasteiger partial charge in [0.2, 0.25) is 11.8 Å². The van der Waals surface area contributed by atoms with Gasteiger partial charge in [-0.1, -0.05) is 24.3 Å². The Bertz CT molecular complexity index is 946. The number of benzene rings is 2. The van der Waals surface area contributed by atoms with E-state index in [0.29, 0.717) is 13.0 Å². The molecule has 0 saturated carbocycles. The van der Waals surface area contributed by atoms with Crippen LogP contribution in [0.4, 0.5) is 5.69 Å². The number of carbonyl (C=O) groups is 2. The third-order valence-electron chi connectivity index (χ3n) is 4.06. The fourth-order valence-corrected chi connectivity index (χ4v) is 2.91. The van der Waals surface area contributed by atoms with Crippen molar-refractivity contribution < 1.29 is 9.59 Å². The average molecular weight is 350 g/mol. The zero-order chi connectivity index (χ0) is 18.5. The van der Waals surface area contributed by atoms with Gasteiger partial charge >= 0.3 is 0 Å². The standard InChI is InChI=1S/C20H22N4O2/c1-14-6-5-7-16(12-14)22-20(26)13-24-18-9-4-3-8-17(18)23-19(24)10-11-21-15(2)25/h3-9,12H,10-11,13H2,1-2H3,(H,21,25)(H,22,26). The van der Waals surface area contributed by atoms with Gasteiger partial charge in [-0.05, 0) is 36.8 Å². The van der Waals surface area contributed by atoms with Crippen molar-refractivity contribution in [3.8, 4) is 0 Å². The molecule has 6 heteroatoms. The maximum absolute atomic E-state index is 12.5. The number of nitrogens with zero attached hydrogens (tertiary/aromatic N) is 2. The summed E-state index contributed by atoms with van der Waals surface area (Å²) in [6, 6.07) is 15.4. The topological polar surface area (TPSA) is 76.0 Å². The maximum atomic E-state index is 12.5. The van der Waals surface area contributed by atoms with Crippen LogP contribution < -0.4 is 10.6 Å². The number of imidazole rings is 1. The molecule has 0 radical (unpaired) electrons. The van der Waals surface area contributed by atoms with Gasteiger partial charge in [-0.2, -0.15) is 0 Å². The zero-order valence-electron chi connectivity index (χ0n) is 15.0. The molecule has 0 fully saturated rings. The molecule has 2 aromatic carbocycles. The number of hydrogen-bond acceptors (Lipinski definition) is 3. The van der Waals surface area contributed by atoms with E-state index in [4.69, 9.17) is 0 Å². The van der Waals surface area contributed by atoms with Gasteiger partial charge in [0, 0.05) is 25.6 Å². The number of rotatable bonds is 6. The summed E-state index contributed by atoms with van der Waals surface area (Å²) in [6.07, 6.45) is 0.561. The average Bonchev–Trinajstić information content (AvgIpc) is 2.92. The summed E-state index contributed by atoms with van der Waals surface area (Å²) in [5.74, 6) is 0.587. The van der Waals surface area contributed by atoms with Crippen LogP contribution in [-0.2, 0) is 22.6 Å². The first-order valence-electron chi connectivity index (χ1n) is 8.58. The third kappa shape index (κ3) is 4.27. The molecule has 0 aliphatic carbocycles. The Balaban J connectivity index is 1.80. The monoisotopic (exact) mass is 350 g/mol. The number of hydrogen-bond donors (Lipinski definition) is 2. The second-order valence-corrected chi connectivity index (χ2v) is 6.25. The van der Waals surface area contributed by atoms with Crippen LogP contribution in [0, 0.1) is 6.92 Å². The molecule has 0 bridgehead atoms. The molecule has 0 aliphatic heterocycles. The largest absolute Gasteiger partial charge is 0.356 e. The molecule has 1 heterocycles. The van der Waals surface area contributed by atoms with Crippen molar-refractivity contribution in [3.05, 3.63) is 59.9 Å². The van der Waals surface area contributed by atoms with Crippen molar-refractivity contribution in [1.29, 1.82) is 0 Å². The second-order valence-electron chi connectivity index (χ2n) is 6.25. The Kier molecular flexibility index (Phi) is 5.31. The van der Waals surface area contributed by atoms with Gasteiger partial charge < -0.3 is 15.2 Å². The van der Waals surface area contributed by atoms with Crippen LogP contribution in [0.15, 0.2) is 48.5 Å². The van der Waals surface area contributed by atoms with E-state index in [-0.39, 0.29) is 18.4 Å². The Morgan fingerprint density at radius 3 is 2.69 bits per heavy atom. The maximum Gasteiger partial charge on any atom is 0.244 e. The van der Waals surface area contributed by atoms with E-state index in [1.807, 2.05) is 60.0 Å². The lowest BCUT2D eigenvalue weighted by Crippen LogP contribution is -2.25. The zero-order valence-corrected chi connectivity index (χ0v) is 15.0. The van der Waals surface area contributed by atoms with Crippen LogP contribution in [0.3, 0.4) is 0 Å². The van der Waals surface area contributed by atoms with E-state index < -0.39 is 0 Å². The Labute approximate surface area is 152 Å². The number of amides is 2. The van der Waals surface area contributed by atoms with Gasteiger partial charge in [0.1, 0.15) is 12.4 Å². The van der Waals surface area contributed by atoms with Crippen LogP contribution in [-0.4, -0.2) is 27.9 Å². The summed E-state index contributed by atoms with van der Waals surface area (Å²) in [5, 5.41) is 5.70. The van der Waals surface area contributed by atoms with E-state index in [1.165, 1.54) is 6.92 Å². The molecular formula is C20H22N4O2. The summed E-state index contributed by atoms with van der Waals surface area (Å²) in [4.78, 5) is 28.3. The lowest BCUT2D eigenvalue weighted by atomic mass is 10.2. The van der Waals surface area contributed by atoms with Crippen LogP contribution in [0.1, 0.15) is 18.3 Å². The first-order chi connectivity index (χ1) is 12.5. The van der Waals surface area contributed by atoms with Crippen LogP contribution >= 0.6 is 0 Å². The number of nitrogens with one attached hydrogen (secondary N) is 2. The summed E-state index contributed by atoms with van der Waals surface area (Å²) in [7, 11) is 0. The molecule has 6 nitrogen and oxygen atoms in total. The van der Waals surface area contributed by atoms with E-state index in [9.17, 15) is 9.59 Å². The van der Waals surface area contributed by atoms with E-state index in [1.54, 1.807) is 0 Å². The molecule has 1 aromatic heterocycles. The van der Waals surface area contributed by atoms with Crippen molar-refractivity contribution in [2.75, 3.05) is 11.9 Å². The van der Waals surface area contributed by atoms with Crippen molar-refractivity contribution in [3.63, 3.8) is 0 Å². The summed E-state index contributed by atoms with van der Waals surface area (Å²) >= 11 is 0. The molecule has 0 atom stereocenters. The van der Waals surface area contributed by atoms with Gasteiger partial charge in [0.05, 0.1) is 11.0 Å². The molecule has 0 saturated heterocycles. The normalized spacial score (nSPS) is 10.7. The van der Waals surface area contributed by atoms with Gasteiger partial charge in [-0.3, -0.25) is 9.59 Å². The van der Waals surface area contributed by atoms with Crippen molar-refractivity contribution >= 4 is 28.5 Å². The lowest BCUT2D eigenvalue weighted by molar-refractivity contribution is -0.119. The molecule has 134 valence electrons. The Morgan fingerprint density at radius 2 is 1.92 bits per heavy atom. The molecule has 0 unspecified atom stereocenters. The Morgan fingerprint density at radius 1 is 1.12 bits per heavy atom. The van der Waals surface area contributed by atoms with Crippen LogP contribution in [0.25, 0.3) is 11.0 Å². The predicted molar refractivity (Wildman–Crippen MR) is 102 cm³/mol. The summed E-state index contributed by atoms with van der Waals surface area (Å²) in [6.45, 7) is 4.12. The highest BCUT2D eigenvalue weighted by Crippen LogP contribution is 2.17. The van der Waals surface area contributed by atoms with Crippen LogP contribution in [0.5, 0.6) is 0 Å². The molecule has 2 N–H and O–H groups in total. The second kappa shape index (κ2) is 7.82. The number of anilines is 1. The summed E-state index contributed by atoms with van der Waals surface area (Å²) in [5.41, 5.74) is 3.62. The number of fused-ring (bicyclic) bond motifs is 1. The molecule has 3 aromatic rings. The molecule has 2 amide bonds. The highest BCUT2D eigenvalue weighted by Gasteiger charge is 2.13. The fourth-order valence-electron chi connectivity index (χ4n) is 2.91. The lowest BCUT2D eigenvalue weighted by Gasteiger charge is -2.11. The fraction of sp³-hybridized carbons (Fsp3) is 0.250. The minimum Gasteiger partial charge on any atom is -0.356 e. The van der Waals surface area contributed by atoms with Crippen LogP contribution in [0.2, 0.25) is 0 Å². The van der Waals surface area contributed by atoms with Gasteiger partial charge in [-0.25, -0.2) is 4.98 Å². The molecule has 0 spiro atoms. The number of aryl methyl sites for hydroxylation is 1. The third-order valence-corrected chi connectivity index (χ3v) is 4.06. The first-order valence-corrected chi connectivity index (χ1v) is 8.58. The van der Waals surface area contributed by atoms with Crippen molar-refractivity contribution in [1.82, 2.24) is 14.9 Å². The Hall–Kier alpha value is -3.15. The highest BCUT2D eigenvalue weighted by atomic mass is 16.2. The number of para-hydroxylation sites is 2. The summed E-state index contributed by atoms with van der Waals surface area (Å²) < 4.78 is 1.91. The molecule has 3 rings (SSSR count). The quantitative estimate of drug-likeness (QED) is 0.718. The number of carbonyl (C=O) groups excluding carboxylic acids is 2. The smallest absolute Gasteiger partial charge is 0.244 e. The van der Waals surface area contributed by atoms with E-state index in [0.717, 1.165) is 28.1 Å². The molecular weight excluding hydrogens is 328 g/mol. The van der Waals surface area contributed by atoms with Gasteiger partial charge in [-0.15, -0.1) is 0 Å². The highest BCUT2D eigenvalue weighted by molar-refractivity contribution is 5.91. The minimum absolute atomic E-state index is 0.0788. The molecule has 0 aliphatic rings. The molecule has 26 heavy (non-hydrogen) atoms. The van der Waals surface area contributed by atoms with Gasteiger partial charge in [0.15, 0.2) is 0 Å².